The summed E-state index contributed by atoms with van der Waals surface area (Å²) in [6.45, 7) is -0.686. The number of carboxylic acids is 1. The first-order chi connectivity index (χ1) is 17.5. The van der Waals surface area contributed by atoms with E-state index in [-0.39, 0.29) is 18.6 Å². The van der Waals surface area contributed by atoms with Crippen LogP contribution in [0.25, 0.3) is 0 Å². The third-order valence-corrected chi connectivity index (χ3v) is 5.17. The number of H-pyrrole nitrogens is 1. The zero-order valence-electron chi connectivity index (χ0n) is 19.6. The van der Waals surface area contributed by atoms with Crippen molar-refractivity contribution in [3.63, 3.8) is 0 Å². The number of aromatic hydroxyl groups is 1. The normalized spacial score (nSPS) is 14.0. The van der Waals surface area contributed by atoms with E-state index >= 15 is 0 Å². The molecular formula is C22H29N7O8. The first-order valence-electron chi connectivity index (χ1n) is 11.0. The summed E-state index contributed by atoms with van der Waals surface area (Å²) in [4.78, 5) is 68.0. The molecule has 0 aliphatic rings. The fraction of sp³-hybridized carbons (Fsp3) is 0.364. The van der Waals surface area contributed by atoms with Crippen molar-refractivity contribution in [2.24, 2.45) is 11.5 Å². The van der Waals surface area contributed by atoms with E-state index in [2.05, 4.69) is 25.9 Å². The number of hydrogen-bond acceptors (Lipinski definition) is 9. The van der Waals surface area contributed by atoms with E-state index in [1.165, 1.54) is 36.8 Å². The van der Waals surface area contributed by atoms with Gasteiger partial charge < -0.3 is 47.7 Å². The van der Waals surface area contributed by atoms with Crippen molar-refractivity contribution in [1.29, 1.82) is 0 Å². The number of aliphatic hydroxyl groups excluding tert-OH is 1. The number of aromatic nitrogens is 2. The van der Waals surface area contributed by atoms with E-state index in [0.29, 0.717) is 11.3 Å². The third kappa shape index (κ3) is 9.23. The summed E-state index contributed by atoms with van der Waals surface area (Å²) in [5.74, 6) is -5.12. The number of nitrogens with one attached hydrogen (secondary N) is 4. The maximum Gasteiger partial charge on any atom is 0.326 e. The highest BCUT2D eigenvalue weighted by molar-refractivity contribution is 5.96. The second-order valence-corrected chi connectivity index (χ2v) is 8.13. The van der Waals surface area contributed by atoms with E-state index in [4.69, 9.17) is 16.6 Å². The summed E-state index contributed by atoms with van der Waals surface area (Å²) in [6, 6.07) is 0.0111. The van der Waals surface area contributed by atoms with Gasteiger partial charge in [0.15, 0.2) is 0 Å². The number of nitrogens with zero attached hydrogens (tertiary/aromatic N) is 1. The quantitative estimate of drug-likeness (QED) is 0.120. The molecule has 4 amide bonds. The average molecular weight is 520 g/mol. The van der Waals surface area contributed by atoms with Crippen molar-refractivity contribution < 1.29 is 39.3 Å². The highest BCUT2D eigenvalue weighted by atomic mass is 16.4. The molecule has 0 aliphatic heterocycles. The van der Waals surface area contributed by atoms with E-state index in [9.17, 15) is 34.2 Å². The van der Waals surface area contributed by atoms with Gasteiger partial charge >= 0.3 is 5.97 Å². The SMILES string of the molecule is NC(=O)CC(NC(=O)C(Cc1cnc[nH]1)NC(=O)C(N)CO)C(=O)NC(Cc1ccc(O)cc1)C(=O)O. The molecule has 0 saturated heterocycles. The number of imidazole rings is 1. The monoisotopic (exact) mass is 519 g/mol. The Balaban J connectivity index is 2.18. The molecular weight excluding hydrogens is 490 g/mol. The van der Waals surface area contributed by atoms with E-state index < -0.39 is 66.8 Å². The number of carbonyl (C=O) groups excluding carboxylic acids is 4. The highest BCUT2D eigenvalue weighted by Gasteiger charge is 2.31. The third-order valence-electron chi connectivity index (χ3n) is 5.17. The standard InChI is InChI=1S/C22H29N7O8/c23-14(9-30)19(33)27-15(6-12-8-25-10-26-12)20(34)28-16(7-18(24)32)21(35)29-17(22(36)37)5-11-1-3-13(31)4-2-11/h1-4,8,10,14-17,30-31H,5-7,9,23H2,(H2,24,32)(H,25,26)(H,27,33)(H,28,34)(H,29,35)(H,36,37). The Labute approximate surface area is 210 Å². The van der Waals surface area contributed by atoms with E-state index in [1.807, 2.05) is 0 Å². The molecule has 0 bridgehead atoms. The van der Waals surface area contributed by atoms with E-state index in [0.717, 1.165) is 0 Å². The maximum absolute atomic E-state index is 13.0. The molecule has 11 N–H and O–H groups in total. The number of primary amides is 1. The summed E-state index contributed by atoms with van der Waals surface area (Å²) >= 11 is 0. The molecule has 1 aromatic heterocycles. The van der Waals surface area contributed by atoms with Crippen LogP contribution >= 0.6 is 0 Å². The highest BCUT2D eigenvalue weighted by Crippen LogP contribution is 2.12. The molecule has 2 aromatic rings. The summed E-state index contributed by atoms with van der Waals surface area (Å²) in [6.07, 6.45) is 1.81. The molecule has 4 atom stereocenters. The van der Waals surface area contributed by atoms with Crippen LogP contribution in [0.1, 0.15) is 17.7 Å². The first-order valence-corrected chi connectivity index (χ1v) is 11.0. The number of carboxylic acid groups (broad SMARTS) is 1. The van der Waals surface area contributed by atoms with Gasteiger partial charge in [-0.05, 0) is 17.7 Å². The Bertz CT molecular complexity index is 1090. The van der Waals surface area contributed by atoms with Gasteiger partial charge in [0.1, 0.15) is 29.9 Å². The van der Waals surface area contributed by atoms with E-state index in [1.54, 1.807) is 0 Å². The number of rotatable bonds is 14. The van der Waals surface area contributed by atoms with Gasteiger partial charge in [-0.1, -0.05) is 12.1 Å². The lowest BCUT2D eigenvalue weighted by molar-refractivity contribution is -0.142. The van der Waals surface area contributed by atoms with Gasteiger partial charge in [0.25, 0.3) is 0 Å². The molecule has 0 spiro atoms. The Kier molecular flexibility index (Phi) is 10.5. The smallest absolute Gasteiger partial charge is 0.326 e. The number of carbonyl (C=O) groups is 5. The van der Waals surface area contributed by atoms with Crippen molar-refractivity contribution in [3.8, 4) is 5.75 Å². The summed E-state index contributed by atoms with van der Waals surface area (Å²) < 4.78 is 0. The zero-order valence-corrected chi connectivity index (χ0v) is 19.6. The molecule has 37 heavy (non-hydrogen) atoms. The van der Waals surface area contributed by atoms with Crippen molar-refractivity contribution in [2.75, 3.05) is 6.61 Å². The van der Waals surface area contributed by atoms with Crippen molar-refractivity contribution in [1.82, 2.24) is 25.9 Å². The van der Waals surface area contributed by atoms with Crippen LogP contribution in [0.15, 0.2) is 36.8 Å². The largest absolute Gasteiger partial charge is 0.508 e. The molecule has 1 heterocycles. The van der Waals surface area contributed by atoms with Crippen LogP contribution < -0.4 is 27.4 Å². The molecule has 0 aliphatic carbocycles. The molecule has 0 fully saturated rings. The predicted molar refractivity (Wildman–Crippen MR) is 126 cm³/mol. The van der Waals surface area contributed by atoms with Gasteiger partial charge in [-0.3, -0.25) is 19.2 Å². The number of aliphatic hydroxyl groups is 1. The van der Waals surface area contributed by atoms with Gasteiger partial charge in [-0.25, -0.2) is 9.78 Å². The lowest BCUT2D eigenvalue weighted by atomic mass is 10.0. The number of amides is 4. The number of benzene rings is 1. The molecule has 4 unspecified atom stereocenters. The number of aliphatic carboxylic acids is 1. The molecule has 0 saturated carbocycles. The minimum absolute atomic E-state index is 0.0272. The lowest BCUT2D eigenvalue weighted by Crippen LogP contribution is -2.58. The van der Waals surface area contributed by atoms with Crippen LogP contribution in [0.3, 0.4) is 0 Å². The zero-order chi connectivity index (χ0) is 27.5. The Morgan fingerprint density at radius 2 is 1.51 bits per heavy atom. The fourth-order valence-corrected chi connectivity index (χ4v) is 3.21. The fourth-order valence-electron chi connectivity index (χ4n) is 3.21. The van der Waals surface area contributed by atoms with Crippen LogP contribution in [0.2, 0.25) is 0 Å². The lowest BCUT2D eigenvalue weighted by Gasteiger charge is -2.24. The second-order valence-electron chi connectivity index (χ2n) is 8.13. The predicted octanol–water partition coefficient (Wildman–Crippen LogP) is -3.37. The van der Waals surface area contributed by atoms with Crippen molar-refractivity contribution >= 4 is 29.6 Å². The molecule has 15 nitrogen and oxygen atoms in total. The van der Waals surface area contributed by atoms with Gasteiger partial charge in [0.2, 0.25) is 23.6 Å². The molecule has 0 radical (unpaired) electrons. The Morgan fingerprint density at radius 1 is 0.919 bits per heavy atom. The second kappa shape index (κ2) is 13.6. The Hall–Kier alpha value is -4.50. The first kappa shape index (κ1) is 28.7. The van der Waals surface area contributed by atoms with Crippen molar-refractivity contribution in [3.05, 3.63) is 48.0 Å². The van der Waals surface area contributed by atoms with Gasteiger partial charge in [-0.2, -0.15) is 0 Å². The van der Waals surface area contributed by atoms with Gasteiger partial charge in [0.05, 0.1) is 19.4 Å². The number of phenols is 1. The van der Waals surface area contributed by atoms with Crippen LogP contribution in [-0.2, 0) is 36.8 Å². The summed E-state index contributed by atoms with van der Waals surface area (Å²) in [5.41, 5.74) is 11.6. The van der Waals surface area contributed by atoms with Crippen LogP contribution in [0.5, 0.6) is 5.75 Å². The number of hydrogen-bond donors (Lipinski definition) is 9. The maximum atomic E-state index is 13.0. The summed E-state index contributed by atoms with van der Waals surface area (Å²) in [5, 5.41) is 35.0. The topological polar surface area (TPSA) is 263 Å². The van der Waals surface area contributed by atoms with Gasteiger partial charge in [0, 0.05) is 24.7 Å². The minimum atomic E-state index is -1.57. The number of phenolic OH excluding ortho intramolecular Hbond substituents is 1. The average Bonchev–Trinajstić information content (AvgIpc) is 3.36. The van der Waals surface area contributed by atoms with Crippen LogP contribution in [-0.4, -0.2) is 85.7 Å². The summed E-state index contributed by atoms with van der Waals surface area (Å²) in [7, 11) is 0. The minimum Gasteiger partial charge on any atom is -0.508 e. The number of nitrogens with two attached hydrogens (primary N) is 2. The van der Waals surface area contributed by atoms with Crippen LogP contribution in [0, 0.1) is 0 Å². The molecule has 2 rings (SSSR count). The number of aromatic amines is 1. The van der Waals surface area contributed by atoms with Crippen molar-refractivity contribution in [2.45, 2.75) is 43.4 Å². The molecule has 15 heteroatoms. The molecule has 200 valence electrons. The Morgan fingerprint density at radius 3 is 2.05 bits per heavy atom. The van der Waals surface area contributed by atoms with Gasteiger partial charge in [-0.15, -0.1) is 0 Å². The van der Waals surface area contributed by atoms with Crippen LogP contribution in [0.4, 0.5) is 0 Å². The molecule has 1 aromatic carbocycles.